The lowest BCUT2D eigenvalue weighted by Gasteiger charge is -2.12. The number of hydrogen-bond acceptors (Lipinski definition) is 1. The molecular formula is C15H21N. The van der Waals surface area contributed by atoms with Crippen LogP contribution in [0.5, 0.6) is 0 Å². The summed E-state index contributed by atoms with van der Waals surface area (Å²) in [5.74, 6) is 0. The van der Waals surface area contributed by atoms with Crippen molar-refractivity contribution in [2.45, 2.75) is 33.7 Å². The highest BCUT2D eigenvalue weighted by molar-refractivity contribution is 5.79. The molecule has 0 radical (unpaired) electrons. The lowest BCUT2D eigenvalue weighted by molar-refractivity contribution is 1.06. The molecule has 1 rings (SSSR count). The molecule has 0 aliphatic rings. The lowest BCUT2D eigenvalue weighted by Crippen LogP contribution is -2.01. The number of benzene rings is 1. The van der Waals surface area contributed by atoms with Gasteiger partial charge >= 0.3 is 0 Å². The average molecular weight is 215 g/mol. The maximum atomic E-state index is 5.77. The molecule has 0 spiro atoms. The van der Waals surface area contributed by atoms with Gasteiger partial charge in [-0.1, -0.05) is 43.3 Å². The lowest BCUT2D eigenvalue weighted by atomic mass is 9.94. The summed E-state index contributed by atoms with van der Waals surface area (Å²) >= 11 is 0. The van der Waals surface area contributed by atoms with Crippen molar-refractivity contribution in [2.75, 3.05) is 0 Å². The van der Waals surface area contributed by atoms with Crippen LogP contribution in [0.1, 0.15) is 38.3 Å². The number of nitrogens with two attached hydrogens (primary N) is 1. The maximum Gasteiger partial charge on any atom is 0.0184 e. The molecule has 0 unspecified atom stereocenters. The van der Waals surface area contributed by atoms with E-state index >= 15 is 0 Å². The fourth-order valence-electron chi connectivity index (χ4n) is 1.97. The molecule has 1 nitrogen and oxygen atoms in total. The van der Waals surface area contributed by atoms with E-state index in [9.17, 15) is 0 Å². The predicted molar refractivity (Wildman–Crippen MR) is 72.0 cm³/mol. The van der Waals surface area contributed by atoms with E-state index in [1.165, 1.54) is 22.3 Å². The van der Waals surface area contributed by atoms with E-state index in [-0.39, 0.29) is 0 Å². The second-order valence-corrected chi connectivity index (χ2v) is 3.86. The SMILES string of the molecule is C/C=C(\C(C)=C/CC)c1ccccc1CN. The van der Waals surface area contributed by atoms with Gasteiger partial charge in [-0.2, -0.15) is 0 Å². The normalized spacial score (nSPS) is 13.0. The minimum Gasteiger partial charge on any atom is -0.326 e. The molecule has 0 saturated carbocycles. The molecule has 2 N–H and O–H groups in total. The van der Waals surface area contributed by atoms with Crippen LogP contribution in [0.25, 0.3) is 5.57 Å². The summed E-state index contributed by atoms with van der Waals surface area (Å²) in [5, 5.41) is 0. The Morgan fingerprint density at radius 3 is 2.56 bits per heavy atom. The highest BCUT2D eigenvalue weighted by Gasteiger charge is 2.06. The Balaban J connectivity index is 3.20. The fraction of sp³-hybridized carbons (Fsp3) is 0.333. The number of allylic oxidation sites excluding steroid dienone is 4. The summed E-state index contributed by atoms with van der Waals surface area (Å²) in [6.45, 7) is 6.99. The van der Waals surface area contributed by atoms with Gasteiger partial charge in [-0.3, -0.25) is 0 Å². The Morgan fingerprint density at radius 2 is 2.00 bits per heavy atom. The Kier molecular flexibility index (Phi) is 5.00. The molecule has 1 aromatic rings. The minimum atomic E-state index is 0.590. The van der Waals surface area contributed by atoms with Crippen LogP contribution in [0.3, 0.4) is 0 Å². The summed E-state index contributed by atoms with van der Waals surface area (Å²) in [6.07, 6.45) is 5.48. The smallest absolute Gasteiger partial charge is 0.0184 e. The Labute approximate surface area is 98.7 Å². The van der Waals surface area contributed by atoms with Crippen LogP contribution in [0.4, 0.5) is 0 Å². The van der Waals surface area contributed by atoms with Crippen LogP contribution in [0, 0.1) is 0 Å². The fourth-order valence-corrected chi connectivity index (χ4v) is 1.97. The van der Waals surface area contributed by atoms with Gasteiger partial charge in [0.1, 0.15) is 0 Å². The van der Waals surface area contributed by atoms with E-state index in [0.29, 0.717) is 6.54 Å². The third kappa shape index (κ3) is 2.83. The zero-order chi connectivity index (χ0) is 12.0. The average Bonchev–Trinajstić information content (AvgIpc) is 2.31. The first-order valence-corrected chi connectivity index (χ1v) is 5.86. The van der Waals surface area contributed by atoms with Gasteiger partial charge in [0, 0.05) is 6.54 Å². The molecule has 1 heteroatoms. The van der Waals surface area contributed by atoms with Crippen molar-refractivity contribution < 1.29 is 0 Å². The van der Waals surface area contributed by atoms with Crippen LogP contribution in [-0.2, 0) is 6.54 Å². The van der Waals surface area contributed by atoms with Crippen molar-refractivity contribution in [3.8, 4) is 0 Å². The molecule has 0 aliphatic carbocycles. The molecule has 0 saturated heterocycles. The summed E-state index contributed by atoms with van der Waals surface area (Å²) in [6, 6.07) is 8.34. The van der Waals surface area contributed by atoms with Gasteiger partial charge in [0.2, 0.25) is 0 Å². The van der Waals surface area contributed by atoms with E-state index < -0.39 is 0 Å². The summed E-state index contributed by atoms with van der Waals surface area (Å²) < 4.78 is 0. The van der Waals surface area contributed by atoms with Crippen molar-refractivity contribution in [3.63, 3.8) is 0 Å². The van der Waals surface area contributed by atoms with Gasteiger partial charge < -0.3 is 5.73 Å². The molecule has 86 valence electrons. The van der Waals surface area contributed by atoms with Crippen molar-refractivity contribution in [3.05, 3.63) is 53.1 Å². The van der Waals surface area contributed by atoms with E-state index in [0.717, 1.165) is 6.42 Å². The zero-order valence-electron chi connectivity index (χ0n) is 10.5. The van der Waals surface area contributed by atoms with Gasteiger partial charge in [0.05, 0.1) is 0 Å². The molecule has 16 heavy (non-hydrogen) atoms. The molecule has 0 aliphatic heterocycles. The molecule has 0 heterocycles. The molecule has 0 aromatic heterocycles. The third-order valence-electron chi connectivity index (χ3n) is 2.75. The molecule has 0 bridgehead atoms. The second-order valence-electron chi connectivity index (χ2n) is 3.86. The maximum absolute atomic E-state index is 5.77. The highest BCUT2D eigenvalue weighted by Crippen LogP contribution is 2.25. The topological polar surface area (TPSA) is 26.0 Å². The second kappa shape index (κ2) is 6.29. The largest absolute Gasteiger partial charge is 0.326 e. The summed E-state index contributed by atoms with van der Waals surface area (Å²) in [4.78, 5) is 0. The van der Waals surface area contributed by atoms with Gasteiger partial charge in [-0.25, -0.2) is 0 Å². The van der Waals surface area contributed by atoms with Crippen molar-refractivity contribution in [2.24, 2.45) is 5.73 Å². The molecule has 1 aromatic carbocycles. The van der Waals surface area contributed by atoms with Crippen LogP contribution in [0.2, 0.25) is 0 Å². The van der Waals surface area contributed by atoms with Gasteiger partial charge in [-0.05, 0) is 42.5 Å². The molecule has 0 atom stereocenters. The number of rotatable bonds is 4. The molecule has 0 amide bonds. The van der Waals surface area contributed by atoms with Gasteiger partial charge in [-0.15, -0.1) is 0 Å². The van der Waals surface area contributed by atoms with Crippen molar-refractivity contribution >= 4 is 5.57 Å². The zero-order valence-corrected chi connectivity index (χ0v) is 10.5. The van der Waals surface area contributed by atoms with E-state index in [1.54, 1.807) is 0 Å². The first kappa shape index (κ1) is 12.7. The minimum absolute atomic E-state index is 0.590. The highest BCUT2D eigenvalue weighted by atomic mass is 14.5. The van der Waals surface area contributed by atoms with E-state index in [1.807, 2.05) is 6.07 Å². The van der Waals surface area contributed by atoms with Gasteiger partial charge in [0.15, 0.2) is 0 Å². The first-order chi connectivity index (χ1) is 7.74. The van der Waals surface area contributed by atoms with Crippen LogP contribution >= 0.6 is 0 Å². The monoisotopic (exact) mass is 215 g/mol. The van der Waals surface area contributed by atoms with Crippen LogP contribution in [0.15, 0.2) is 42.0 Å². The van der Waals surface area contributed by atoms with Gasteiger partial charge in [0.25, 0.3) is 0 Å². The summed E-state index contributed by atoms with van der Waals surface area (Å²) in [5.41, 5.74) is 10.9. The predicted octanol–water partition coefficient (Wildman–Crippen LogP) is 3.90. The summed E-state index contributed by atoms with van der Waals surface area (Å²) in [7, 11) is 0. The number of hydrogen-bond donors (Lipinski definition) is 1. The Bertz CT molecular complexity index is 400. The van der Waals surface area contributed by atoms with E-state index in [2.05, 4.69) is 51.1 Å². The van der Waals surface area contributed by atoms with E-state index in [4.69, 9.17) is 5.73 Å². The Morgan fingerprint density at radius 1 is 1.31 bits per heavy atom. The molecular weight excluding hydrogens is 194 g/mol. The Hall–Kier alpha value is -1.34. The third-order valence-corrected chi connectivity index (χ3v) is 2.75. The van der Waals surface area contributed by atoms with Crippen molar-refractivity contribution in [1.82, 2.24) is 0 Å². The van der Waals surface area contributed by atoms with Crippen LogP contribution in [-0.4, -0.2) is 0 Å². The van der Waals surface area contributed by atoms with Crippen LogP contribution < -0.4 is 5.73 Å². The van der Waals surface area contributed by atoms with Crippen molar-refractivity contribution in [1.29, 1.82) is 0 Å². The first-order valence-electron chi connectivity index (χ1n) is 5.86. The standard InChI is InChI=1S/C15H21N/c1-4-8-12(3)14(5-2)15-10-7-6-9-13(15)11-16/h5-10H,4,11,16H2,1-3H3/b12-8-,14-5+. The molecule has 0 fully saturated rings. The quantitative estimate of drug-likeness (QED) is 0.757.